The van der Waals surface area contributed by atoms with Gasteiger partial charge in [0.2, 0.25) is 19.2 Å². The van der Waals surface area contributed by atoms with E-state index in [4.69, 9.17) is 24.2 Å². The van der Waals surface area contributed by atoms with E-state index in [0.29, 0.717) is 46.6 Å². The van der Waals surface area contributed by atoms with Gasteiger partial charge in [-0.05, 0) is 89.5 Å². The standard InChI is InChI=1S/C46H55F2N6O8PS/c1-27(2)49-44-51-39(26-64-44)38-22-41(32-19-18-30(60-3)20-37(32)50-38)61-31-21-40-42(55)53-46(63(58,59)25-33-34(47)15-11-16-35(33)48)23-28(46)12-7-5-4-6-8-17-36(43(56)54(40)24-31)52-45(57)62-29-13-9-10-14-29/h7,11-12,15-16,18-20,22,26-29,31,36,40H,4-6,8-10,13-14,17,21,23-25H2,1-3H3,(H,49,51)(H,52,57)(H,53,55)(H,58,59)/b12-7-/t28-,31+,36-,40-,46-/m0/s1. The van der Waals surface area contributed by atoms with Crippen molar-refractivity contribution in [2.24, 2.45) is 5.92 Å². The smallest absolute Gasteiger partial charge is 0.408 e. The molecule has 2 aliphatic carbocycles. The number of nitrogens with one attached hydrogen (secondary N) is 3. The summed E-state index contributed by atoms with van der Waals surface area (Å²) >= 11 is 1.44. The Bertz CT molecular complexity index is 2440. The number of anilines is 1. The molecule has 0 bridgehead atoms. The van der Waals surface area contributed by atoms with Crippen molar-refractivity contribution in [1.29, 1.82) is 0 Å². The van der Waals surface area contributed by atoms with Crippen LogP contribution >= 0.6 is 18.7 Å². The largest absolute Gasteiger partial charge is 0.497 e. The summed E-state index contributed by atoms with van der Waals surface area (Å²) in [5.41, 5.74) is 1.15. The van der Waals surface area contributed by atoms with E-state index in [2.05, 4.69) is 16.0 Å². The zero-order valence-electron chi connectivity index (χ0n) is 36.2. The number of pyridine rings is 1. The third-order valence-electron chi connectivity index (χ3n) is 12.6. The summed E-state index contributed by atoms with van der Waals surface area (Å²) in [4.78, 5) is 65.8. The van der Waals surface area contributed by atoms with Crippen LogP contribution in [0.2, 0.25) is 0 Å². The maximum atomic E-state index is 14.9. The number of hydrogen-bond acceptors (Lipinski definition) is 11. The number of halogens is 2. The van der Waals surface area contributed by atoms with Crippen LogP contribution in [0.15, 0.2) is 60.0 Å². The molecule has 4 aliphatic rings. The molecular formula is C46H55F2N6O8PS. The number of benzene rings is 2. The Labute approximate surface area is 375 Å². The van der Waals surface area contributed by atoms with Crippen molar-refractivity contribution in [1.82, 2.24) is 25.5 Å². The first-order chi connectivity index (χ1) is 30.7. The van der Waals surface area contributed by atoms with Crippen LogP contribution in [0.25, 0.3) is 22.3 Å². The summed E-state index contributed by atoms with van der Waals surface area (Å²) in [6.07, 6.45) is 7.45. The number of nitrogens with zero attached hydrogens (tertiary/aromatic N) is 3. The van der Waals surface area contributed by atoms with Crippen molar-refractivity contribution in [2.75, 3.05) is 19.0 Å². The Hall–Kier alpha value is -5.12. The number of methoxy groups -OCH3 is 1. The predicted octanol–water partition coefficient (Wildman–Crippen LogP) is 8.67. The molecule has 4 heterocycles. The highest BCUT2D eigenvalue weighted by molar-refractivity contribution is 7.59. The van der Waals surface area contributed by atoms with Crippen LogP contribution in [0.3, 0.4) is 0 Å². The lowest BCUT2D eigenvalue weighted by atomic mass is 10.0. The Morgan fingerprint density at radius 3 is 2.55 bits per heavy atom. The Morgan fingerprint density at radius 2 is 1.80 bits per heavy atom. The average Bonchev–Trinajstić information content (AvgIpc) is 3.67. The van der Waals surface area contributed by atoms with E-state index in [9.17, 15) is 32.6 Å². The van der Waals surface area contributed by atoms with Gasteiger partial charge in [0.1, 0.15) is 58.4 Å². The van der Waals surface area contributed by atoms with Crippen molar-refractivity contribution in [2.45, 2.75) is 126 Å². The van der Waals surface area contributed by atoms with Crippen LogP contribution in [0.1, 0.15) is 90.0 Å². The predicted molar refractivity (Wildman–Crippen MR) is 239 cm³/mol. The van der Waals surface area contributed by atoms with Gasteiger partial charge in [0.15, 0.2) is 5.13 Å². The van der Waals surface area contributed by atoms with E-state index in [0.717, 1.165) is 55.8 Å². The van der Waals surface area contributed by atoms with Gasteiger partial charge in [-0.2, -0.15) is 0 Å². The first kappa shape index (κ1) is 45.4. The number of alkyl carbamates (subject to hydrolysis) is 1. The van der Waals surface area contributed by atoms with Gasteiger partial charge in [-0.15, -0.1) is 11.3 Å². The molecule has 2 aliphatic heterocycles. The molecule has 342 valence electrons. The maximum Gasteiger partial charge on any atom is 0.408 e. The molecule has 2 aromatic carbocycles. The van der Waals surface area contributed by atoms with Crippen molar-refractivity contribution in [3.05, 3.63) is 77.2 Å². The molecule has 4 N–H and O–H groups in total. The Balaban J connectivity index is 1.14. The summed E-state index contributed by atoms with van der Waals surface area (Å²) in [6.45, 7) is 3.96. The summed E-state index contributed by atoms with van der Waals surface area (Å²) in [5.74, 6) is -2.80. The minimum absolute atomic E-state index is 0.0282. The number of thiazole rings is 1. The normalized spacial score (nSPS) is 25.6. The van der Waals surface area contributed by atoms with E-state index >= 15 is 0 Å². The fourth-order valence-electron chi connectivity index (χ4n) is 9.10. The van der Waals surface area contributed by atoms with Crippen LogP contribution in [-0.4, -0.2) is 86.9 Å². The van der Waals surface area contributed by atoms with Crippen LogP contribution in [0.5, 0.6) is 11.5 Å². The Kier molecular flexibility index (Phi) is 13.6. The number of carbonyl (C=O) groups excluding carboxylic acids is 3. The quantitative estimate of drug-likeness (QED) is 0.0835. The molecule has 18 heteroatoms. The van der Waals surface area contributed by atoms with Gasteiger partial charge in [0, 0.05) is 46.8 Å². The van der Waals surface area contributed by atoms with E-state index in [-0.39, 0.29) is 38.0 Å². The molecule has 0 radical (unpaired) electrons. The third-order valence-corrected chi connectivity index (χ3v) is 16.0. The number of hydrogen-bond donors (Lipinski definition) is 4. The zero-order chi connectivity index (χ0) is 45.2. The second-order valence-electron chi connectivity index (χ2n) is 17.6. The molecule has 64 heavy (non-hydrogen) atoms. The van der Waals surface area contributed by atoms with Gasteiger partial charge in [-0.3, -0.25) is 14.2 Å². The monoisotopic (exact) mass is 920 g/mol. The van der Waals surface area contributed by atoms with Gasteiger partial charge in [0.25, 0.3) is 0 Å². The van der Waals surface area contributed by atoms with Crippen molar-refractivity contribution in [3.63, 3.8) is 0 Å². The molecular weight excluding hydrogens is 866 g/mol. The zero-order valence-corrected chi connectivity index (χ0v) is 37.9. The van der Waals surface area contributed by atoms with Gasteiger partial charge >= 0.3 is 6.09 Å². The first-order valence-electron chi connectivity index (χ1n) is 22.1. The van der Waals surface area contributed by atoms with Crippen molar-refractivity contribution >= 4 is 52.6 Å². The number of carbonyl (C=O) groups is 3. The average molecular weight is 921 g/mol. The fraction of sp³-hybridized carbons (Fsp3) is 0.500. The second-order valence-corrected chi connectivity index (χ2v) is 20.9. The molecule has 3 amide bonds. The van der Waals surface area contributed by atoms with E-state index in [1.807, 2.05) is 31.4 Å². The molecule has 1 unspecified atom stereocenters. The van der Waals surface area contributed by atoms with Crippen LogP contribution in [0, 0.1) is 17.6 Å². The molecule has 8 rings (SSSR count). The summed E-state index contributed by atoms with van der Waals surface area (Å²) in [5, 5.41) is 10.5. The van der Waals surface area contributed by atoms with Crippen molar-refractivity contribution in [3.8, 4) is 22.9 Å². The topological polar surface area (TPSA) is 181 Å². The SMILES string of the molecule is COc1ccc2c(O[C@@H]3C[C@H]4C(=O)N[C@]5(P(=O)(O)Cc6c(F)cccc6F)C[C@@H]5/C=C\CCCCC[C@H](NC(=O)OC5CCCC5)C(=O)N4C3)cc(-c3csc(NC(C)C)n3)nc2c1. The first-order valence-corrected chi connectivity index (χ1v) is 24.8. The van der Waals surface area contributed by atoms with Crippen molar-refractivity contribution < 1.29 is 46.8 Å². The van der Waals surface area contributed by atoms with Crippen LogP contribution in [0.4, 0.5) is 18.7 Å². The van der Waals surface area contributed by atoms with E-state index in [1.54, 1.807) is 31.4 Å². The molecule has 2 aromatic heterocycles. The molecule has 3 fully saturated rings. The lowest BCUT2D eigenvalue weighted by Crippen LogP contribution is -2.55. The highest BCUT2D eigenvalue weighted by atomic mass is 32.1. The number of fused-ring (bicyclic) bond motifs is 3. The van der Waals surface area contributed by atoms with E-state index in [1.165, 1.54) is 22.3 Å². The summed E-state index contributed by atoms with van der Waals surface area (Å²) in [6, 6.07) is 8.26. The van der Waals surface area contributed by atoms with Crippen LogP contribution in [-0.2, 0) is 25.1 Å². The molecule has 14 nitrogen and oxygen atoms in total. The van der Waals surface area contributed by atoms with Gasteiger partial charge in [-0.25, -0.2) is 23.5 Å². The highest BCUT2D eigenvalue weighted by Crippen LogP contribution is 2.71. The number of amides is 3. The molecule has 0 spiro atoms. The number of rotatable bonds is 11. The minimum atomic E-state index is -4.59. The van der Waals surface area contributed by atoms with Gasteiger partial charge in [0.05, 0.1) is 31.0 Å². The lowest BCUT2D eigenvalue weighted by Gasteiger charge is -2.31. The number of aromatic nitrogens is 2. The van der Waals surface area contributed by atoms with Gasteiger partial charge in [-0.1, -0.05) is 31.1 Å². The molecule has 6 atom stereocenters. The lowest BCUT2D eigenvalue weighted by molar-refractivity contribution is -0.140. The fourth-order valence-corrected chi connectivity index (χ4v) is 12.3. The summed E-state index contributed by atoms with van der Waals surface area (Å²) in [7, 11) is -3.04. The highest BCUT2D eigenvalue weighted by Gasteiger charge is 2.66. The summed E-state index contributed by atoms with van der Waals surface area (Å²) < 4.78 is 62.4. The van der Waals surface area contributed by atoms with Gasteiger partial charge < -0.3 is 40.0 Å². The van der Waals surface area contributed by atoms with E-state index < -0.39 is 78.0 Å². The number of allylic oxidation sites excluding steroid dienone is 1. The second kappa shape index (κ2) is 19.2. The molecule has 4 aromatic rings. The molecule has 2 saturated carbocycles. The maximum absolute atomic E-state index is 14.9. The Morgan fingerprint density at radius 1 is 1.03 bits per heavy atom. The third kappa shape index (κ3) is 9.91. The molecule has 1 saturated heterocycles. The van der Waals surface area contributed by atoms with Crippen LogP contribution < -0.4 is 25.4 Å². The minimum Gasteiger partial charge on any atom is -0.497 e. The number of ether oxygens (including phenoxy) is 3.